The quantitative estimate of drug-likeness (QED) is 0.637. The molecule has 2 rings (SSSR count). The molecule has 0 aliphatic rings. The number of nitro groups is 1. The highest BCUT2D eigenvalue weighted by atomic mass is 35.5. The molecule has 0 unspecified atom stereocenters. The molecule has 98 valence electrons. The number of ether oxygens (including phenoxy) is 1. The third kappa shape index (κ3) is 2.76. The van der Waals surface area contributed by atoms with Crippen LogP contribution in [0.5, 0.6) is 11.6 Å². The Balaban J connectivity index is 2.46. The van der Waals surface area contributed by atoms with Crippen LogP contribution in [0.15, 0.2) is 30.5 Å². The van der Waals surface area contributed by atoms with Crippen molar-refractivity contribution in [2.45, 2.75) is 0 Å². The molecule has 0 saturated carbocycles. The van der Waals surface area contributed by atoms with E-state index in [1.165, 1.54) is 0 Å². The van der Waals surface area contributed by atoms with Crippen molar-refractivity contribution in [2.24, 2.45) is 0 Å². The van der Waals surface area contributed by atoms with Crippen molar-refractivity contribution in [3.63, 3.8) is 0 Å². The summed E-state index contributed by atoms with van der Waals surface area (Å²) < 4.78 is 31.8. The molecule has 8 heteroatoms. The van der Waals surface area contributed by atoms with Crippen molar-refractivity contribution >= 4 is 17.3 Å². The van der Waals surface area contributed by atoms with Gasteiger partial charge in [-0.05, 0) is 12.1 Å². The topological polar surface area (TPSA) is 65.3 Å². The van der Waals surface area contributed by atoms with E-state index < -0.39 is 33.9 Å². The van der Waals surface area contributed by atoms with Crippen LogP contribution in [-0.2, 0) is 0 Å². The molecule has 0 amide bonds. The van der Waals surface area contributed by atoms with Gasteiger partial charge in [0.1, 0.15) is 0 Å². The maximum atomic E-state index is 13.5. The monoisotopic (exact) mass is 286 g/mol. The summed E-state index contributed by atoms with van der Waals surface area (Å²) in [5, 5.41) is 10.7. The molecular weight excluding hydrogens is 282 g/mol. The third-order valence-corrected chi connectivity index (χ3v) is 2.32. The lowest BCUT2D eigenvalue weighted by atomic mass is 10.3. The molecule has 2 aromatic rings. The first-order valence-electron chi connectivity index (χ1n) is 4.91. The van der Waals surface area contributed by atoms with Gasteiger partial charge in [-0.2, -0.15) is 0 Å². The minimum Gasteiger partial charge on any atom is -0.426 e. The Morgan fingerprint density at radius 3 is 2.68 bits per heavy atom. The van der Waals surface area contributed by atoms with Crippen molar-refractivity contribution in [3.05, 3.63) is 57.2 Å². The average Bonchev–Trinajstić information content (AvgIpc) is 2.34. The second kappa shape index (κ2) is 5.15. The summed E-state index contributed by atoms with van der Waals surface area (Å²) in [6.45, 7) is 0. The molecular formula is C11H5ClF2N2O3. The van der Waals surface area contributed by atoms with Crippen molar-refractivity contribution in [3.8, 4) is 11.6 Å². The van der Waals surface area contributed by atoms with E-state index in [1.807, 2.05) is 0 Å². The number of aromatic nitrogens is 1. The summed E-state index contributed by atoms with van der Waals surface area (Å²) in [7, 11) is 0. The van der Waals surface area contributed by atoms with Crippen molar-refractivity contribution < 1.29 is 18.4 Å². The zero-order valence-electron chi connectivity index (χ0n) is 9.14. The van der Waals surface area contributed by atoms with Crippen LogP contribution in [0.25, 0.3) is 0 Å². The first-order valence-corrected chi connectivity index (χ1v) is 5.28. The van der Waals surface area contributed by atoms with Gasteiger partial charge in [0.25, 0.3) is 5.88 Å². The highest BCUT2D eigenvalue weighted by Crippen LogP contribution is 2.34. The largest absolute Gasteiger partial charge is 0.426 e. The van der Waals surface area contributed by atoms with Gasteiger partial charge in [-0.25, -0.2) is 13.8 Å². The molecule has 0 saturated heterocycles. The minimum atomic E-state index is -0.995. The normalized spacial score (nSPS) is 10.3. The first kappa shape index (κ1) is 13.2. The van der Waals surface area contributed by atoms with Gasteiger partial charge in [0.2, 0.25) is 5.75 Å². The molecule has 0 radical (unpaired) electrons. The lowest BCUT2D eigenvalue weighted by molar-refractivity contribution is -0.385. The summed E-state index contributed by atoms with van der Waals surface area (Å²) in [5.74, 6) is -3.26. The van der Waals surface area contributed by atoms with Crippen LogP contribution >= 0.6 is 11.6 Å². The molecule has 1 aromatic carbocycles. The van der Waals surface area contributed by atoms with Crippen molar-refractivity contribution in [2.75, 3.05) is 0 Å². The molecule has 1 heterocycles. The second-order valence-corrected chi connectivity index (χ2v) is 3.82. The van der Waals surface area contributed by atoms with E-state index >= 15 is 0 Å². The van der Waals surface area contributed by atoms with Crippen LogP contribution in [-0.4, -0.2) is 9.91 Å². The number of hydrogen-bond donors (Lipinski definition) is 0. The molecule has 0 spiro atoms. The van der Waals surface area contributed by atoms with Crippen LogP contribution in [0, 0.1) is 21.7 Å². The van der Waals surface area contributed by atoms with Gasteiger partial charge >= 0.3 is 5.69 Å². The molecule has 0 fully saturated rings. The Morgan fingerprint density at radius 2 is 2.05 bits per heavy atom. The Kier molecular flexibility index (Phi) is 3.57. The number of halogens is 3. The van der Waals surface area contributed by atoms with E-state index in [4.69, 9.17) is 16.3 Å². The Morgan fingerprint density at radius 1 is 1.32 bits per heavy atom. The van der Waals surface area contributed by atoms with Gasteiger partial charge in [0.05, 0.1) is 9.95 Å². The Bertz CT molecular complexity index is 652. The Hall–Kier alpha value is -2.28. The van der Waals surface area contributed by atoms with Crippen LogP contribution in [0.2, 0.25) is 5.02 Å². The summed E-state index contributed by atoms with van der Waals surface area (Å²) in [6.07, 6.45) is 1.08. The number of benzene rings is 1. The number of rotatable bonds is 3. The number of nitrogens with zero attached hydrogens (tertiary/aromatic N) is 2. The van der Waals surface area contributed by atoms with E-state index in [2.05, 4.69) is 4.98 Å². The molecule has 0 aliphatic heterocycles. The summed E-state index contributed by atoms with van der Waals surface area (Å²) >= 11 is 5.49. The predicted octanol–water partition coefficient (Wildman–Crippen LogP) is 3.71. The van der Waals surface area contributed by atoms with Gasteiger partial charge in [0.15, 0.2) is 11.6 Å². The zero-order valence-corrected chi connectivity index (χ0v) is 9.90. The average molecular weight is 287 g/mol. The van der Waals surface area contributed by atoms with Crippen LogP contribution in [0.1, 0.15) is 0 Å². The molecule has 0 bridgehead atoms. The smallest absolute Gasteiger partial charge is 0.314 e. The van der Waals surface area contributed by atoms with Crippen LogP contribution in [0.4, 0.5) is 14.5 Å². The SMILES string of the molecule is O=[N+]([O-])c1cccc(F)c1Oc1ncc(Cl)cc1F. The number of nitro benzene ring substituents is 1. The first-order chi connectivity index (χ1) is 8.99. The molecule has 0 aliphatic carbocycles. The standard InChI is InChI=1S/C11H5ClF2N2O3/c12-6-4-8(14)11(15-5-6)19-10-7(13)2-1-3-9(10)16(17)18/h1-5H. The Labute approximate surface area is 110 Å². The highest BCUT2D eigenvalue weighted by molar-refractivity contribution is 6.30. The van der Waals surface area contributed by atoms with E-state index in [0.717, 1.165) is 30.5 Å². The molecule has 0 N–H and O–H groups in total. The summed E-state index contributed by atoms with van der Waals surface area (Å²) in [5.41, 5.74) is -0.629. The van der Waals surface area contributed by atoms with Crippen molar-refractivity contribution in [1.29, 1.82) is 0 Å². The molecule has 0 atom stereocenters. The number of pyridine rings is 1. The second-order valence-electron chi connectivity index (χ2n) is 3.39. The summed E-state index contributed by atoms with van der Waals surface area (Å²) in [6, 6.07) is 4.03. The van der Waals surface area contributed by atoms with Gasteiger partial charge in [-0.3, -0.25) is 10.1 Å². The fourth-order valence-electron chi connectivity index (χ4n) is 1.32. The van der Waals surface area contributed by atoms with Crippen molar-refractivity contribution in [1.82, 2.24) is 4.98 Å². The lowest BCUT2D eigenvalue weighted by Crippen LogP contribution is -1.98. The number of hydrogen-bond acceptors (Lipinski definition) is 4. The predicted molar refractivity (Wildman–Crippen MR) is 62.3 cm³/mol. The van der Waals surface area contributed by atoms with Gasteiger partial charge < -0.3 is 4.74 Å². The van der Waals surface area contributed by atoms with E-state index in [1.54, 1.807) is 0 Å². The van der Waals surface area contributed by atoms with Crippen LogP contribution in [0.3, 0.4) is 0 Å². The highest BCUT2D eigenvalue weighted by Gasteiger charge is 2.22. The maximum absolute atomic E-state index is 13.5. The van der Waals surface area contributed by atoms with Gasteiger partial charge in [-0.15, -0.1) is 0 Å². The molecule has 19 heavy (non-hydrogen) atoms. The van der Waals surface area contributed by atoms with Gasteiger partial charge in [-0.1, -0.05) is 17.7 Å². The minimum absolute atomic E-state index is 0.0212. The fraction of sp³-hybridized carbons (Fsp3) is 0. The molecule has 1 aromatic heterocycles. The lowest BCUT2D eigenvalue weighted by Gasteiger charge is -2.07. The van der Waals surface area contributed by atoms with E-state index in [9.17, 15) is 18.9 Å². The zero-order chi connectivity index (χ0) is 14.0. The van der Waals surface area contributed by atoms with E-state index in [0.29, 0.717) is 0 Å². The van der Waals surface area contributed by atoms with E-state index in [-0.39, 0.29) is 5.02 Å². The third-order valence-electron chi connectivity index (χ3n) is 2.12. The maximum Gasteiger partial charge on any atom is 0.314 e. The van der Waals surface area contributed by atoms with Gasteiger partial charge in [0, 0.05) is 12.3 Å². The molecule has 5 nitrogen and oxygen atoms in total. The van der Waals surface area contributed by atoms with Crippen LogP contribution < -0.4 is 4.74 Å². The fourth-order valence-corrected chi connectivity index (χ4v) is 1.46. The number of para-hydroxylation sites is 1. The summed E-state index contributed by atoms with van der Waals surface area (Å²) in [4.78, 5) is 13.4.